The first kappa shape index (κ1) is 15.5. The molecule has 23 heavy (non-hydrogen) atoms. The molecule has 3 rings (SSSR count). The van der Waals surface area contributed by atoms with Crippen molar-refractivity contribution in [3.05, 3.63) is 30.3 Å². The highest BCUT2D eigenvalue weighted by Crippen LogP contribution is 2.38. The minimum Gasteiger partial charge on any atom is -0.497 e. The van der Waals surface area contributed by atoms with E-state index in [1.807, 2.05) is 38.4 Å². The molecule has 0 aliphatic carbocycles. The molecule has 0 aliphatic heterocycles. The number of H-pyrrole nitrogens is 1. The second kappa shape index (κ2) is 6.38. The minimum absolute atomic E-state index is 0.641. The van der Waals surface area contributed by atoms with E-state index in [-0.39, 0.29) is 0 Å². The van der Waals surface area contributed by atoms with Gasteiger partial charge in [0.15, 0.2) is 0 Å². The van der Waals surface area contributed by atoms with Crippen LogP contribution in [0.5, 0.6) is 17.2 Å². The third kappa shape index (κ3) is 2.92. The van der Waals surface area contributed by atoms with Gasteiger partial charge in [-0.3, -0.25) is 0 Å². The van der Waals surface area contributed by atoms with Gasteiger partial charge in [0.1, 0.15) is 23.9 Å². The van der Waals surface area contributed by atoms with Gasteiger partial charge >= 0.3 is 0 Å². The largest absolute Gasteiger partial charge is 0.497 e. The quantitative estimate of drug-likeness (QED) is 0.758. The number of methoxy groups -OCH3 is 2. The molecular formula is C18H22N2O3. The van der Waals surface area contributed by atoms with Crippen LogP contribution < -0.4 is 14.2 Å². The molecule has 1 N–H and O–H groups in total. The molecule has 0 unspecified atom stereocenters. The number of para-hydroxylation sites is 1. The normalized spacial score (nSPS) is 11.3. The summed E-state index contributed by atoms with van der Waals surface area (Å²) in [6, 6.07) is 9.96. The van der Waals surface area contributed by atoms with E-state index >= 15 is 0 Å². The molecule has 0 fully saturated rings. The first-order valence-electron chi connectivity index (χ1n) is 7.58. The fraction of sp³-hybridized carbons (Fsp3) is 0.333. The van der Waals surface area contributed by atoms with Gasteiger partial charge in [-0.05, 0) is 26.2 Å². The van der Waals surface area contributed by atoms with Crippen LogP contribution in [0.4, 0.5) is 0 Å². The number of fused-ring (bicyclic) bond motifs is 3. The van der Waals surface area contributed by atoms with Crippen molar-refractivity contribution in [3.8, 4) is 17.2 Å². The Morgan fingerprint density at radius 3 is 2.43 bits per heavy atom. The van der Waals surface area contributed by atoms with Gasteiger partial charge in [0.05, 0.1) is 25.3 Å². The van der Waals surface area contributed by atoms with Crippen LogP contribution in [0.2, 0.25) is 0 Å². The van der Waals surface area contributed by atoms with Crippen molar-refractivity contribution in [2.24, 2.45) is 0 Å². The lowest BCUT2D eigenvalue weighted by molar-refractivity contribution is 0.263. The van der Waals surface area contributed by atoms with E-state index < -0.39 is 0 Å². The SMILES string of the molecule is COc1cc(OC)c2[nH]c3c(OCCN(C)C)cccc3c2c1. The van der Waals surface area contributed by atoms with E-state index in [4.69, 9.17) is 14.2 Å². The molecule has 1 aromatic heterocycles. The molecule has 3 aromatic rings. The molecule has 0 spiro atoms. The zero-order valence-corrected chi connectivity index (χ0v) is 14.0. The van der Waals surface area contributed by atoms with Crippen LogP contribution in [0, 0.1) is 0 Å². The van der Waals surface area contributed by atoms with Gasteiger partial charge in [0, 0.05) is 23.4 Å². The van der Waals surface area contributed by atoms with Gasteiger partial charge in [0.2, 0.25) is 0 Å². The molecular weight excluding hydrogens is 292 g/mol. The van der Waals surface area contributed by atoms with Crippen molar-refractivity contribution >= 4 is 21.8 Å². The van der Waals surface area contributed by atoms with Crippen molar-refractivity contribution < 1.29 is 14.2 Å². The van der Waals surface area contributed by atoms with E-state index in [2.05, 4.69) is 16.0 Å². The topological polar surface area (TPSA) is 46.7 Å². The van der Waals surface area contributed by atoms with Crippen LogP contribution in [-0.2, 0) is 0 Å². The summed E-state index contributed by atoms with van der Waals surface area (Å²) in [6.45, 7) is 1.51. The molecule has 122 valence electrons. The molecule has 5 nitrogen and oxygen atoms in total. The van der Waals surface area contributed by atoms with Gasteiger partial charge < -0.3 is 24.1 Å². The van der Waals surface area contributed by atoms with Crippen LogP contribution in [0.3, 0.4) is 0 Å². The summed E-state index contributed by atoms with van der Waals surface area (Å²) in [5.41, 5.74) is 1.93. The molecule has 1 heterocycles. The van der Waals surface area contributed by atoms with Gasteiger partial charge in [-0.15, -0.1) is 0 Å². The second-order valence-electron chi connectivity index (χ2n) is 5.71. The fourth-order valence-corrected chi connectivity index (χ4v) is 2.68. The van der Waals surface area contributed by atoms with Crippen LogP contribution >= 0.6 is 0 Å². The summed E-state index contributed by atoms with van der Waals surface area (Å²) in [5.74, 6) is 2.38. The Labute approximate surface area is 135 Å². The molecule has 0 aliphatic rings. The first-order chi connectivity index (χ1) is 11.1. The van der Waals surface area contributed by atoms with Gasteiger partial charge in [-0.1, -0.05) is 12.1 Å². The number of hydrogen-bond acceptors (Lipinski definition) is 4. The lowest BCUT2D eigenvalue weighted by Gasteiger charge is -2.11. The predicted molar refractivity (Wildman–Crippen MR) is 93.0 cm³/mol. The second-order valence-corrected chi connectivity index (χ2v) is 5.71. The van der Waals surface area contributed by atoms with Crippen molar-refractivity contribution in [1.29, 1.82) is 0 Å². The van der Waals surface area contributed by atoms with E-state index in [0.29, 0.717) is 6.61 Å². The Balaban J connectivity index is 2.11. The number of hydrogen-bond donors (Lipinski definition) is 1. The highest BCUT2D eigenvalue weighted by molar-refractivity contribution is 6.11. The Hall–Kier alpha value is -2.40. The van der Waals surface area contributed by atoms with E-state index in [1.54, 1.807) is 14.2 Å². The maximum absolute atomic E-state index is 5.94. The smallest absolute Gasteiger partial charge is 0.146 e. The predicted octanol–water partition coefficient (Wildman–Crippen LogP) is 3.28. The lowest BCUT2D eigenvalue weighted by Crippen LogP contribution is -2.19. The van der Waals surface area contributed by atoms with Crippen molar-refractivity contribution in [2.45, 2.75) is 0 Å². The molecule has 5 heteroatoms. The molecule has 0 saturated carbocycles. The molecule has 0 atom stereocenters. The van der Waals surface area contributed by atoms with Gasteiger partial charge in [-0.25, -0.2) is 0 Å². The van der Waals surface area contributed by atoms with Crippen LogP contribution in [0.15, 0.2) is 30.3 Å². The number of aromatic amines is 1. The minimum atomic E-state index is 0.641. The molecule has 0 bridgehead atoms. The Morgan fingerprint density at radius 1 is 0.957 bits per heavy atom. The zero-order valence-electron chi connectivity index (χ0n) is 14.0. The number of nitrogens with one attached hydrogen (secondary N) is 1. The molecule has 2 aromatic carbocycles. The number of ether oxygens (including phenoxy) is 3. The number of rotatable bonds is 6. The standard InChI is InChI=1S/C18H22N2O3/c1-20(2)8-9-23-15-7-5-6-13-14-10-12(21-3)11-16(22-4)18(14)19-17(13)15/h5-7,10-11,19H,8-9H2,1-4H3. The third-order valence-electron chi connectivity index (χ3n) is 3.89. The van der Waals surface area contributed by atoms with E-state index in [9.17, 15) is 0 Å². The van der Waals surface area contributed by atoms with Crippen LogP contribution in [-0.4, -0.2) is 51.4 Å². The highest BCUT2D eigenvalue weighted by Gasteiger charge is 2.14. The van der Waals surface area contributed by atoms with Crippen molar-refractivity contribution in [2.75, 3.05) is 41.5 Å². The van der Waals surface area contributed by atoms with Gasteiger partial charge in [0.25, 0.3) is 0 Å². The summed E-state index contributed by atoms with van der Waals surface area (Å²) in [5, 5.41) is 2.16. The van der Waals surface area contributed by atoms with E-state index in [0.717, 1.165) is 45.6 Å². The number of nitrogens with zero attached hydrogens (tertiary/aromatic N) is 1. The lowest BCUT2D eigenvalue weighted by atomic mass is 10.1. The maximum Gasteiger partial charge on any atom is 0.146 e. The Morgan fingerprint density at radius 2 is 1.74 bits per heavy atom. The fourth-order valence-electron chi connectivity index (χ4n) is 2.68. The average Bonchev–Trinajstić information content (AvgIpc) is 2.93. The number of benzene rings is 2. The number of likely N-dealkylation sites (N-methyl/N-ethyl adjacent to an activating group) is 1. The highest BCUT2D eigenvalue weighted by atomic mass is 16.5. The van der Waals surface area contributed by atoms with E-state index in [1.165, 1.54) is 0 Å². The average molecular weight is 314 g/mol. The van der Waals surface area contributed by atoms with Crippen LogP contribution in [0.25, 0.3) is 21.8 Å². The first-order valence-corrected chi connectivity index (χ1v) is 7.58. The van der Waals surface area contributed by atoms with Crippen LogP contribution in [0.1, 0.15) is 0 Å². The monoisotopic (exact) mass is 314 g/mol. The van der Waals surface area contributed by atoms with Gasteiger partial charge in [-0.2, -0.15) is 0 Å². The summed E-state index contributed by atoms with van der Waals surface area (Å²) in [4.78, 5) is 5.53. The zero-order chi connectivity index (χ0) is 16.4. The summed E-state index contributed by atoms with van der Waals surface area (Å²) < 4.78 is 16.8. The Bertz CT molecular complexity index is 824. The molecule has 0 amide bonds. The molecule has 0 radical (unpaired) electrons. The summed E-state index contributed by atoms with van der Waals surface area (Å²) >= 11 is 0. The summed E-state index contributed by atoms with van der Waals surface area (Å²) in [6.07, 6.45) is 0. The van der Waals surface area contributed by atoms with Crippen molar-refractivity contribution in [1.82, 2.24) is 9.88 Å². The number of aromatic nitrogens is 1. The molecule has 0 saturated heterocycles. The summed E-state index contributed by atoms with van der Waals surface area (Å²) in [7, 11) is 7.38. The Kier molecular flexibility index (Phi) is 4.30. The third-order valence-corrected chi connectivity index (χ3v) is 3.89. The van der Waals surface area contributed by atoms with Crippen molar-refractivity contribution in [3.63, 3.8) is 0 Å². The maximum atomic E-state index is 5.94.